The maximum Gasteiger partial charge on any atom is 0.0592 e. The Bertz CT molecular complexity index is 205. The maximum atomic E-state index is 10.2. The predicted molar refractivity (Wildman–Crippen MR) is 64.9 cm³/mol. The molecule has 2 heteroatoms. The minimum atomic E-state index is -0.161. The molecule has 90 valence electrons. The SMILES string of the molecule is CC(C)C(O)C1CC(C)(C)NC(C)(C)C1. The van der Waals surface area contributed by atoms with Gasteiger partial charge in [0.15, 0.2) is 0 Å². The third-order valence-corrected chi connectivity index (χ3v) is 3.39. The maximum absolute atomic E-state index is 10.2. The highest BCUT2D eigenvalue weighted by molar-refractivity contribution is 4.98. The summed E-state index contributed by atoms with van der Waals surface area (Å²) in [5.41, 5.74) is 0.282. The van der Waals surface area contributed by atoms with Crippen molar-refractivity contribution in [1.29, 1.82) is 0 Å². The summed E-state index contributed by atoms with van der Waals surface area (Å²) in [6.07, 6.45) is 1.97. The molecule has 2 nitrogen and oxygen atoms in total. The van der Waals surface area contributed by atoms with Gasteiger partial charge in [-0.15, -0.1) is 0 Å². The van der Waals surface area contributed by atoms with Gasteiger partial charge in [0, 0.05) is 11.1 Å². The van der Waals surface area contributed by atoms with Crippen molar-refractivity contribution in [3.8, 4) is 0 Å². The highest BCUT2D eigenvalue weighted by atomic mass is 16.3. The Morgan fingerprint density at radius 3 is 1.80 bits per heavy atom. The first-order valence-electron chi connectivity index (χ1n) is 6.10. The number of hydrogen-bond donors (Lipinski definition) is 2. The first-order chi connectivity index (χ1) is 6.63. The average Bonchev–Trinajstić information content (AvgIpc) is 1.96. The zero-order valence-corrected chi connectivity index (χ0v) is 11.1. The fraction of sp³-hybridized carbons (Fsp3) is 1.00. The molecule has 2 N–H and O–H groups in total. The van der Waals surface area contributed by atoms with E-state index < -0.39 is 0 Å². The average molecular weight is 213 g/mol. The van der Waals surface area contributed by atoms with E-state index in [4.69, 9.17) is 0 Å². The second kappa shape index (κ2) is 4.06. The highest BCUT2D eigenvalue weighted by Crippen LogP contribution is 2.36. The summed E-state index contributed by atoms with van der Waals surface area (Å²) in [7, 11) is 0. The number of aliphatic hydroxyl groups excluding tert-OH is 1. The van der Waals surface area contributed by atoms with Crippen LogP contribution in [0.2, 0.25) is 0 Å². The molecule has 0 spiro atoms. The molecule has 1 atom stereocenters. The van der Waals surface area contributed by atoms with Gasteiger partial charge in [-0.25, -0.2) is 0 Å². The molecule has 1 rings (SSSR count). The first kappa shape index (κ1) is 13.0. The standard InChI is InChI=1S/C13H27NO/c1-9(2)11(15)10-7-12(3,4)14-13(5,6)8-10/h9-11,14-15H,7-8H2,1-6H3. The van der Waals surface area contributed by atoms with Crippen molar-refractivity contribution in [3.05, 3.63) is 0 Å². The third kappa shape index (κ3) is 3.46. The Kier molecular flexibility index (Phi) is 3.52. The van der Waals surface area contributed by atoms with Crippen LogP contribution in [0.15, 0.2) is 0 Å². The molecule has 1 saturated heterocycles. The number of nitrogens with one attached hydrogen (secondary N) is 1. The van der Waals surface area contributed by atoms with Gasteiger partial charge < -0.3 is 10.4 Å². The largest absolute Gasteiger partial charge is 0.393 e. The Labute approximate surface area is 94.5 Å². The molecule has 1 heterocycles. The van der Waals surface area contributed by atoms with Crippen LogP contribution in [-0.2, 0) is 0 Å². The van der Waals surface area contributed by atoms with Crippen LogP contribution in [0.5, 0.6) is 0 Å². The number of hydrogen-bond acceptors (Lipinski definition) is 2. The molecular formula is C13H27NO. The number of aliphatic hydroxyl groups is 1. The van der Waals surface area contributed by atoms with Crippen LogP contribution in [0, 0.1) is 11.8 Å². The molecule has 1 aliphatic heterocycles. The summed E-state index contributed by atoms with van der Waals surface area (Å²) < 4.78 is 0. The van der Waals surface area contributed by atoms with Crippen LogP contribution < -0.4 is 5.32 Å². The van der Waals surface area contributed by atoms with Crippen LogP contribution in [0.3, 0.4) is 0 Å². The van der Waals surface area contributed by atoms with E-state index in [1.54, 1.807) is 0 Å². The summed E-state index contributed by atoms with van der Waals surface area (Å²) in [5, 5.41) is 13.8. The molecule has 0 aromatic rings. The minimum absolute atomic E-state index is 0.141. The summed E-state index contributed by atoms with van der Waals surface area (Å²) in [4.78, 5) is 0. The Morgan fingerprint density at radius 1 is 1.07 bits per heavy atom. The van der Waals surface area contributed by atoms with Crippen molar-refractivity contribution in [2.24, 2.45) is 11.8 Å². The highest BCUT2D eigenvalue weighted by Gasteiger charge is 2.40. The van der Waals surface area contributed by atoms with Crippen LogP contribution in [-0.4, -0.2) is 22.3 Å². The Hall–Kier alpha value is -0.0800. The lowest BCUT2D eigenvalue weighted by Gasteiger charge is -2.48. The molecule has 1 fully saturated rings. The lowest BCUT2D eigenvalue weighted by Crippen LogP contribution is -2.59. The molecule has 1 unspecified atom stereocenters. The molecule has 0 bridgehead atoms. The van der Waals surface area contributed by atoms with E-state index >= 15 is 0 Å². The van der Waals surface area contributed by atoms with Gasteiger partial charge >= 0.3 is 0 Å². The fourth-order valence-electron chi connectivity index (χ4n) is 3.19. The number of rotatable bonds is 2. The molecule has 0 aromatic heterocycles. The van der Waals surface area contributed by atoms with Gasteiger partial charge in [0.25, 0.3) is 0 Å². The summed E-state index contributed by atoms with van der Waals surface area (Å²) in [6, 6.07) is 0. The van der Waals surface area contributed by atoms with E-state index in [0.717, 1.165) is 12.8 Å². The van der Waals surface area contributed by atoms with Crippen molar-refractivity contribution in [3.63, 3.8) is 0 Å². The molecule has 0 aromatic carbocycles. The second-order valence-corrected chi connectivity index (χ2v) is 6.80. The van der Waals surface area contributed by atoms with Gasteiger partial charge in [-0.3, -0.25) is 0 Å². The molecule has 0 radical (unpaired) electrons. The summed E-state index contributed by atoms with van der Waals surface area (Å²) in [5.74, 6) is 0.788. The normalized spacial score (nSPS) is 28.0. The molecule has 0 saturated carbocycles. The van der Waals surface area contributed by atoms with E-state index in [9.17, 15) is 5.11 Å². The van der Waals surface area contributed by atoms with Gasteiger partial charge in [0.1, 0.15) is 0 Å². The predicted octanol–water partition coefficient (Wildman–Crippen LogP) is 2.56. The van der Waals surface area contributed by atoms with Gasteiger partial charge in [-0.1, -0.05) is 13.8 Å². The van der Waals surface area contributed by atoms with Crippen molar-refractivity contribution >= 4 is 0 Å². The van der Waals surface area contributed by atoms with Crippen molar-refractivity contribution in [1.82, 2.24) is 5.32 Å². The van der Waals surface area contributed by atoms with Crippen molar-refractivity contribution < 1.29 is 5.11 Å². The zero-order chi connectivity index (χ0) is 11.9. The Balaban J connectivity index is 2.75. The van der Waals surface area contributed by atoms with E-state index in [2.05, 4.69) is 46.9 Å². The van der Waals surface area contributed by atoms with Crippen molar-refractivity contribution in [2.75, 3.05) is 0 Å². The molecule has 15 heavy (non-hydrogen) atoms. The van der Waals surface area contributed by atoms with Gasteiger partial charge in [-0.05, 0) is 52.4 Å². The Morgan fingerprint density at radius 2 is 1.47 bits per heavy atom. The fourth-order valence-corrected chi connectivity index (χ4v) is 3.19. The quantitative estimate of drug-likeness (QED) is 0.739. The molecule has 0 aliphatic carbocycles. The van der Waals surface area contributed by atoms with Crippen molar-refractivity contribution in [2.45, 2.75) is 71.6 Å². The topological polar surface area (TPSA) is 32.3 Å². The summed E-state index contributed by atoms with van der Waals surface area (Å²) >= 11 is 0. The lowest BCUT2D eigenvalue weighted by atomic mass is 9.72. The van der Waals surface area contributed by atoms with E-state index in [1.165, 1.54) is 0 Å². The zero-order valence-electron chi connectivity index (χ0n) is 11.1. The van der Waals surface area contributed by atoms with E-state index in [-0.39, 0.29) is 17.2 Å². The monoisotopic (exact) mass is 213 g/mol. The lowest BCUT2D eigenvalue weighted by molar-refractivity contribution is 0.00219. The van der Waals surface area contributed by atoms with Gasteiger partial charge in [0.2, 0.25) is 0 Å². The minimum Gasteiger partial charge on any atom is -0.393 e. The van der Waals surface area contributed by atoms with E-state index in [1.807, 2.05) is 0 Å². The third-order valence-electron chi connectivity index (χ3n) is 3.39. The van der Waals surface area contributed by atoms with Crippen LogP contribution in [0.25, 0.3) is 0 Å². The van der Waals surface area contributed by atoms with Gasteiger partial charge in [-0.2, -0.15) is 0 Å². The van der Waals surface area contributed by atoms with Gasteiger partial charge in [0.05, 0.1) is 6.10 Å². The smallest absolute Gasteiger partial charge is 0.0592 e. The van der Waals surface area contributed by atoms with Crippen LogP contribution in [0.1, 0.15) is 54.4 Å². The molecule has 1 aliphatic rings. The molecular weight excluding hydrogens is 186 g/mol. The van der Waals surface area contributed by atoms with Crippen LogP contribution in [0.4, 0.5) is 0 Å². The summed E-state index contributed by atoms with van der Waals surface area (Å²) in [6.45, 7) is 13.1. The van der Waals surface area contributed by atoms with E-state index in [0.29, 0.717) is 11.8 Å². The number of piperidine rings is 1. The van der Waals surface area contributed by atoms with Crippen LogP contribution >= 0.6 is 0 Å². The second-order valence-electron chi connectivity index (χ2n) is 6.80. The first-order valence-corrected chi connectivity index (χ1v) is 6.10. The molecule has 0 amide bonds.